The zero-order chi connectivity index (χ0) is 15.4. The van der Waals surface area contributed by atoms with Crippen molar-refractivity contribution in [1.29, 1.82) is 0 Å². The highest BCUT2D eigenvalue weighted by molar-refractivity contribution is 5.97. The van der Waals surface area contributed by atoms with Crippen molar-refractivity contribution in [3.63, 3.8) is 0 Å². The summed E-state index contributed by atoms with van der Waals surface area (Å²) in [6.07, 6.45) is 3.14. The van der Waals surface area contributed by atoms with Crippen molar-refractivity contribution in [2.24, 2.45) is 11.7 Å². The number of benzene rings is 1. The van der Waals surface area contributed by atoms with E-state index in [2.05, 4.69) is 0 Å². The minimum atomic E-state index is -0.153. The highest BCUT2D eigenvalue weighted by Gasteiger charge is 2.34. The Labute approximate surface area is 125 Å². The molecular weight excluding hydrogens is 268 g/mol. The summed E-state index contributed by atoms with van der Waals surface area (Å²) < 4.78 is 5.14. The third-order valence-corrected chi connectivity index (χ3v) is 4.36. The summed E-state index contributed by atoms with van der Waals surface area (Å²) in [7, 11) is 1.54. The van der Waals surface area contributed by atoms with E-state index < -0.39 is 0 Å². The lowest BCUT2D eigenvalue weighted by atomic mass is 10.0. The van der Waals surface area contributed by atoms with Crippen molar-refractivity contribution in [1.82, 2.24) is 4.90 Å². The van der Waals surface area contributed by atoms with Crippen LogP contribution in [0.15, 0.2) is 18.2 Å². The molecule has 0 saturated heterocycles. The molecule has 0 heterocycles. The van der Waals surface area contributed by atoms with Gasteiger partial charge in [-0.3, -0.25) is 4.79 Å². The van der Waals surface area contributed by atoms with Crippen LogP contribution in [0, 0.1) is 5.92 Å². The number of carbonyl (C=O) groups is 1. The number of amides is 1. The van der Waals surface area contributed by atoms with Crippen LogP contribution in [0.3, 0.4) is 0 Å². The number of methoxy groups -OCH3 is 1. The fourth-order valence-electron chi connectivity index (χ4n) is 3.20. The summed E-state index contributed by atoms with van der Waals surface area (Å²) in [5.74, 6) is 0.747. The van der Waals surface area contributed by atoms with Gasteiger partial charge in [0, 0.05) is 12.6 Å². The normalized spacial score (nSPS) is 21.3. The molecule has 0 radical (unpaired) electrons. The van der Waals surface area contributed by atoms with Gasteiger partial charge in [-0.1, -0.05) is 6.42 Å². The maximum atomic E-state index is 12.8. The standard InChI is InChI=1S/C16H24N2O3/c1-3-18(14-6-4-5-11(14)10-17)16(20)13-9-12(21-2)7-8-15(13)19/h7-9,11,14,19H,3-6,10,17H2,1-2H3. The first kappa shape index (κ1) is 15.6. The Morgan fingerprint density at radius 3 is 2.86 bits per heavy atom. The predicted molar refractivity (Wildman–Crippen MR) is 81.6 cm³/mol. The summed E-state index contributed by atoms with van der Waals surface area (Å²) in [6.45, 7) is 3.16. The van der Waals surface area contributed by atoms with Gasteiger partial charge in [0.1, 0.15) is 11.5 Å². The summed E-state index contributed by atoms with van der Waals surface area (Å²) >= 11 is 0. The Balaban J connectivity index is 2.28. The van der Waals surface area contributed by atoms with Gasteiger partial charge in [0.25, 0.3) is 5.91 Å². The van der Waals surface area contributed by atoms with Crippen LogP contribution >= 0.6 is 0 Å². The van der Waals surface area contributed by atoms with Crippen molar-refractivity contribution in [2.45, 2.75) is 32.2 Å². The molecule has 3 N–H and O–H groups in total. The second-order valence-corrected chi connectivity index (χ2v) is 5.47. The molecular formula is C16H24N2O3. The zero-order valence-electron chi connectivity index (χ0n) is 12.7. The first-order chi connectivity index (χ1) is 10.1. The lowest BCUT2D eigenvalue weighted by molar-refractivity contribution is 0.0648. The number of rotatable bonds is 5. The molecule has 1 amide bonds. The van der Waals surface area contributed by atoms with E-state index in [9.17, 15) is 9.90 Å². The number of phenols is 1. The Kier molecular flexibility index (Phi) is 5.07. The number of phenolic OH excluding ortho intramolecular Hbond substituents is 1. The topological polar surface area (TPSA) is 75.8 Å². The number of aromatic hydroxyl groups is 1. The van der Waals surface area contributed by atoms with Gasteiger partial charge in [0.15, 0.2) is 0 Å². The summed E-state index contributed by atoms with van der Waals surface area (Å²) in [4.78, 5) is 14.6. The average molecular weight is 292 g/mol. The zero-order valence-corrected chi connectivity index (χ0v) is 12.7. The summed E-state index contributed by atoms with van der Waals surface area (Å²) in [6, 6.07) is 4.89. The third-order valence-electron chi connectivity index (χ3n) is 4.36. The van der Waals surface area contributed by atoms with E-state index in [-0.39, 0.29) is 17.7 Å². The summed E-state index contributed by atoms with van der Waals surface area (Å²) in [5.41, 5.74) is 6.11. The highest BCUT2D eigenvalue weighted by Crippen LogP contribution is 2.32. The quantitative estimate of drug-likeness (QED) is 0.870. The Morgan fingerprint density at radius 2 is 2.24 bits per heavy atom. The SMILES string of the molecule is CCN(C(=O)c1cc(OC)ccc1O)C1CCCC1CN. The Bertz CT molecular complexity index is 504. The molecule has 1 aliphatic carbocycles. The second-order valence-electron chi connectivity index (χ2n) is 5.47. The van der Waals surface area contributed by atoms with Gasteiger partial charge in [-0.25, -0.2) is 0 Å². The van der Waals surface area contributed by atoms with Crippen LogP contribution in [0.2, 0.25) is 0 Å². The molecule has 21 heavy (non-hydrogen) atoms. The summed E-state index contributed by atoms with van der Waals surface area (Å²) in [5, 5.41) is 9.98. The first-order valence-electron chi connectivity index (χ1n) is 7.50. The number of nitrogens with two attached hydrogens (primary N) is 1. The molecule has 0 aliphatic heterocycles. The molecule has 1 saturated carbocycles. The molecule has 116 valence electrons. The first-order valence-corrected chi connectivity index (χ1v) is 7.50. The number of carbonyl (C=O) groups excluding carboxylic acids is 1. The fraction of sp³-hybridized carbons (Fsp3) is 0.562. The lowest BCUT2D eigenvalue weighted by Crippen LogP contribution is -2.44. The van der Waals surface area contributed by atoms with Crippen molar-refractivity contribution in [3.8, 4) is 11.5 Å². The number of ether oxygens (including phenoxy) is 1. The maximum absolute atomic E-state index is 12.8. The minimum Gasteiger partial charge on any atom is -0.507 e. The van der Waals surface area contributed by atoms with Crippen LogP contribution in [0.5, 0.6) is 11.5 Å². The Hall–Kier alpha value is -1.75. The van der Waals surface area contributed by atoms with Crippen LogP contribution in [0.4, 0.5) is 0 Å². The lowest BCUT2D eigenvalue weighted by Gasteiger charge is -2.32. The second kappa shape index (κ2) is 6.80. The van der Waals surface area contributed by atoms with E-state index in [4.69, 9.17) is 10.5 Å². The van der Waals surface area contributed by atoms with Crippen molar-refractivity contribution in [2.75, 3.05) is 20.2 Å². The molecule has 0 aromatic heterocycles. The van der Waals surface area contributed by atoms with Crippen molar-refractivity contribution < 1.29 is 14.6 Å². The minimum absolute atomic E-state index is 0.0125. The van der Waals surface area contributed by atoms with Crippen LogP contribution in [0.25, 0.3) is 0 Å². The fourth-order valence-corrected chi connectivity index (χ4v) is 3.20. The van der Waals surface area contributed by atoms with Gasteiger partial charge in [-0.05, 0) is 50.4 Å². The van der Waals surface area contributed by atoms with Crippen LogP contribution in [-0.2, 0) is 0 Å². The number of hydrogen-bond donors (Lipinski definition) is 2. The molecule has 1 fully saturated rings. The van der Waals surface area contributed by atoms with Crippen LogP contribution < -0.4 is 10.5 Å². The van der Waals surface area contributed by atoms with E-state index in [1.807, 2.05) is 11.8 Å². The van der Waals surface area contributed by atoms with Crippen molar-refractivity contribution >= 4 is 5.91 Å². The van der Waals surface area contributed by atoms with E-state index in [0.717, 1.165) is 19.3 Å². The van der Waals surface area contributed by atoms with Crippen LogP contribution in [0.1, 0.15) is 36.5 Å². The maximum Gasteiger partial charge on any atom is 0.257 e. The van der Waals surface area contributed by atoms with E-state index in [1.54, 1.807) is 19.2 Å². The monoisotopic (exact) mass is 292 g/mol. The van der Waals surface area contributed by atoms with Gasteiger partial charge in [0.2, 0.25) is 0 Å². The molecule has 5 nitrogen and oxygen atoms in total. The van der Waals surface area contributed by atoms with E-state index in [0.29, 0.717) is 30.3 Å². The molecule has 5 heteroatoms. The molecule has 1 aliphatic rings. The van der Waals surface area contributed by atoms with E-state index in [1.165, 1.54) is 6.07 Å². The highest BCUT2D eigenvalue weighted by atomic mass is 16.5. The smallest absolute Gasteiger partial charge is 0.257 e. The van der Waals surface area contributed by atoms with Gasteiger partial charge in [-0.15, -0.1) is 0 Å². The molecule has 2 atom stereocenters. The molecule has 1 aromatic carbocycles. The molecule has 1 aromatic rings. The van der Waals surface area contributed by atoms with Crippen molar-refractivity contribution in [3.05, 3.63) is 23.8 Å². The van der Waals surface area contributed by atoms with E-state index >= 15 is 0 Å². The Morgan fingerprint density at radius 1 is 1.48 bits per heavy atom. The number of hydrogen-bond acceptors (Lipinski definition) is 4. The number of nitrogens with zero attached hydrogens (tertiary/aromatic N) is 1. The average Bonchev–Trinajstić information content (AvgIpc) is 2.96. The largest absolute Gasteiger partial charge is 0.507 e. The van der Waals surface area contributed by atoms with Gasteiger partial charge in [0.05, 0.1) is 12.7 Å². The van der Waals surface area contributed by atoms with Crippen LogP contribution in [-0.4, -0.2) is 42.2 Å². The predicted octanol–water partition coefficient (Wildman–Crippen LogP) is 1.99. The van der Waals surface area contributed by atoms with Gasteiger partial charge >= 0.3 is 0 Å². The molecule has 0 spiro atoms. The molecule has 2 rings (SSSR count). The molecule has 2 unspecified atom stereocenters. The molecule has 0 bridgehead atoms. The van der Waals surface area contributed by atoms with Gasteiger partial charge < -0.3 is 20.5 Å². The third kappa shape index (κ3) is 3.13. The van der Waals surface area contributed by atoms with Gasteiger partial charge in [-0.2, -0.15) is 0 Å².